The summed E-state index contributed by atoms with van der Waals surface area (Å²) in [6, 6.07) is 15.7. The summed E-state index contributed by atoms with van der Waals surface area (Å²) in [6.07, 6.45) is -0.220. The van der Waals surface area contributed by atoms with Crippen LogP contribution in [0.5, 0.6) is 5.75 Å². The normalized spacial score (nSPS) is 13.1. The van der Waals surface area contributed by atoms with Gasteiger partial charge in [-0.25, -0.2) is 0 Å². The number of phenols is 1. The molecule has 0 spiro atoms. The number of benzene rings is 3. The van der Waals surface area contributed by atoms with E-state index in [0.717, 1.165) is 5.56 Å². The van der Waals surface area contributed by atoms with Gasteiger partial charge in [-0.3, -0.25) is 14.9 Å². The molecule has 0 saturated carbocycles. The summed E-state index contributed by atoms with van der Waals surface area (Å²) in [5, 5.41) is 24.6. The molecule has 148 valence electrons. The van der Waals surface area contributed by atoms with Gasteiger partial charge >= 0.3 is 0 Å². The van der Waals surface area contributed by atoms with Gasteiger partial charge in [-0.1, -0.05) is 30.3 Å². The van der Waals surface area contributed by atoms with Gasteiger partial charge in [-0.15, -0.1) is 0 Å². The minimum absolute atomic E-state index is 0.00655. The third-order valence-corrected chi connectivity index (χ3v) is 5.44. The quantitative estimate of drug-likeness (QED) is 0.511. The number of hydrogen-bond acceptors (Lipinski definition) is 5. The van der Waals surface area contributed by atoms with Gasteiger partial charge in [0.05, 0.1) is 16.6 Å². The zero-order valence-electron chi connectivity index (χ0n) is 15.6. The van der Waals surface area contributed by atoms with Crippen molar-refractivity contribution in [3.8, 4) is 16.9 Å². The Kier molecular flexibility index (Phi) is 3.86. The van der Waals surface area contributed by atoms with Crippen LogP contribution in [0.2, 0.25) is 0 Å². The Balaban J connectivity index is 1.95. The molecule has 5 rings (SSSR count). The molecule has 0 fully saturated rings. The number of aromatic hydroxyl groups is 1. The Labute approximate surface area is 170 Å². The van der Waals surface area contributed by atoms with E-state index in [-0.39, 0.29) is 29.8 Å². The molecule has 1 aromatic heterocycles. The number of amides is 2. The monoisotopic (exact) mass is 399 g/mol. The number of rotatable bonds is 4. The average Bonchev–Trinajstić information content (AvgIpc) is 3.19. The minimum Gasteiger partial charge on any atom is -0.550 e. The number of carboxylic acid groups (broad SMARTS) is 1. The van der Waals surface area contributed by atoms with Crippen molar-refractivity contribution < 1.29 is 24.6 Å². The zero-order valence-corrected chi connectivity index (χ0v) is 15.6. The van der Waals surface area contributed by atoms with Crippen molar-refractivity contribution >= 4 is 39.6 Å². The van der Waals surface area contributed by atoms with Crippen molar-refractivity contribution in [3.63, 3.8) is 0 Å². The minimum atomic E-state index is -1.19. The van der Waals surface area contributed by atoms with Crippen LogP contribution in [0, 0.1) is 0 Å². The topological polar surface area (TPSA) is 111 Å². The van der Waals surface area contributed by atoms with E-state index < -0.39 is 17.8 Å². The second-order valence-corrected chi connectivity index (χ2v) is 7.19. The molecule has 0 atom stereocenters. The molecule has 0 unspecified atom stereocenters. The number of aryl methyl sites for hydroxylation is 1. The number of nitrogens with one attached hydrogen (secondary N) is 1. The fraction of sp³-hybridized carbons (Fsp3) is 0.0870. The third-order valence-electron chi connectivity index (χ3n) is 5.44. The summed E-state index contributed by atoms with van der Waals surface area (Å²) in [5.74, 6) is -2.18. The fourth-order valence-corrected chi connectivity index (χ4v) is 4.22. The first-order chi connectivity index (χ1) is 14.5. The smallest absolute Gasteiger partial charge is 0.259 e. The van der Waals surface area contributed by atoms with E-state index in [1.165, 1.54) is 12.1 Å². The summed E-state index contributed by atoms with van der Waals surface area (Å²) in [4.78, 5) is 36.6. The number of phenolic OH excluding ortho intramolecular Hbond substituents is 1. The van der Waals surface area contributed by atoms with Crippen LogP contribution >= 0.6 is 0 Å². The van der Waals surface area contributed by atoms with Gasteiger partial charge in [0, 0.05) is 35.2 Å². The molecule has 0 bridgehead atoms. The van der Waals surface area contributed by atoms with Gasteiger partial charge in [0.1, 0.15) is 5.75 Å². The standard InChI is InChI=1S/C23H16N2O5/c26-13-6-7-16-15(10-13)19-17(25(16)9-8-18(27)28)11-14(12-4-2-1-3-5-12)20-21(19)23(30)24-22(20)29/h1-7,10-11,26H,8-9H2,(H,27,28)(H,24,29,30)/p-1. The van der Waals surface area contributed by atoms with Crippen molar-refractivity contribution in [2.45, 2.75) is 13.0 Å². The predicted octanol–water partition coefficient (Wildman–Crippen LogP) is 2.19. The second-order valence-electron chi connectivity index (χ2n) is 7.19. The highest BCUT2D eigenvalue weighted by Gasteiger charge is 2.34. The molecular weight excluding hydrogens is 384 g/mol. The Morgan fingerprint density at radius 1 is 0.967 bits per heavy atom. The molecule has 4 aromatic rings. The summed E-state index contributed by atoms with van der Waals surface area (Å²) in [6.45, 7) is 0.121. The molecule has 1 aliphatic rings. The van der Waals surface area contributed by atoms with Crippen LogP contribution in [0.3, 0.4) is 0 Å². The number of aromatic nitrogens is 1. The molecule has 0 saturated heterocycles. The molecule has 2 amide bonds. The van der Waals surface area contributed by atoms with Gasteiger partial charge < -0.3 is 19.6 Å². The molecular formula is C23H15N2O5-. The van der Waals surface area contributed by atoms with Crippen LogP contribution < -0.4 is 10.4 Å². The highest BCUT2D eigenvalue weighted by Crippen LogP contribution is 2.41. The van der Waals surface area contributed by atoms with E-state index in [4.69, 9.17) is 0 Å². The molecule has 0 aliphatic carbocycles. The van der Waals surface area contributed by atoms with E-state index in [1.807, 2.05) is 30.3 Å². The maximum atomic E-state index is 12.8. The first kappa shape index (κ1) is 17.9. The molecule has 1 aliphatic heterocycles. The number of hydrogen-bond donors (Lipinski definition) is 2. The van der Waals surface area contributed by atoms with Crippen LogP contribution in [0.4, 0.5) is 0 Å². The first-order valence-electron chi connectivity index (χ1n) is 9.38. The third kappa shape index (κ3) is 2.56. The number of nitrogens with zero attached hydrogens (tertiary/aromatic N) is 1. The summed E-state index contributed by atoms with van der Waals surface area (Å²) in [7, 11) is 0. The summed E-state index contributed by atoms with van der Waals surface area (Å²) < 4.78 is 1.78. The molecule has 2 N–H and O–H groups in total. The van der Waals surface area contributed by atoms with Crippen molar-refractivity contribution in [2.24, 2.45) is 0 Å². The largest absolute Gasteiger partial charge is 0.550 e. The summed E-state index contributed by atoms with van der Waals surface area (Å²) >= 11 is 0. The molecule has 7 nitrogen and oxygen atoms in total. The van der Waals surface area contributed by atoms with Crippen molar-refractivity contribution in [1.82, 2.24) is 9.88 Å². The van der Waals surface area contributed by atoms with Crippen molar-refractivity contribution in [3.05, 3.63) is 65.7 Å². The van der Waals surface area contributed by atoms with Crippen LogP contribution in [-0.2, 0) is 11.3 Å². The lowest BCUT2D eigenvalue weighted by molar-refractivity contribution is -0.305. The Morgan fingerprint density at radius 2 is 1.70 bits per heavy atom. The van der Waals surface area contributed by atoms with Gasteiger partial charge in [-0.05, 0) is 35.4 Å². The number of fused-ring (bicyclic) bond motifs is 5. The molecule has 3 aromatic carbocycles. The van der Waals surface area contributed by atoms with E-state index >= 15 is 0 Å². The van der Waals surface area contributed by atoms with Gasteiger partial charge in [0.25, 0.3) is 11.8 Å². The lowest BCUT2D eigenvalue weighted by atomic mass is 9.93. The van der Waals surface area contributed by atoms with Crippen molar-refractivity contribution in [2.75, 3.05) is 0 Å². The Bertz CT molecular complexity index is 1390. The van der Waals surface area contributed by atoms with Crippen LogP contribution in [-0.4, -0.2) is 27.5 Å². The van der Waals surface area contributed by atoms with Crippen LogP contribution in [0.15, 0.2) is 54.6 Å². The lowest BCUT2D eigenvalue weighted by Gasteiger charge is -2.11. The first-order valence-corrected chi connectivity index (χ1v) is 9.38. The van der Waals surface area contributed by atoms with Crippen LogP contribution in [0.25, 0.3) is 32.9 Å². The Morgan fingerprint density at radius 3 is 2.43 bits per heavy atom. The van der Waals surface area contributed by atoms with Gasteiger partial charge in [0.2, 0.25) is 0 Å². The average molecular weight is 399 g/mol. The Hall–Kier alpha value is -4.13. The SMILES string of the molecule is O=C([O-])CCn1c2ccc(O)cc2c2c3c(c(-c4ccccc4)cc21)C(=O)NC3=O. The fourth-order valence-electron chi connectivity index (χ4n) is 4.22. The molecule has 7 heteroatoms. The van der Waals surface area contributed by atoms with Gasteiger partial charge in [0.15, 0.2) is 0 Å². The molecule has 30 heavy (non-hydrogen) atoms. The second kappa shape index (κ2) is 6.45. The number of aliphatic carboxylic acids is 1. The van der Waals surface area contributed by atoms with E-state index in [0.29, 0.717) is 27.4 Å². The zero-order chi connectivity index (χ0) is 21.0. The number of carboxylic acids is 1. The number of imide groups is 1. The lowest BCUT2D eigenvalue weighted by Crippen LogP contribution is -2.23. The molecule has 0 radical (unpaired) electrons. The highest BCUT2D eigenvalue weighted by molar-refractivity contribution is 6.32. The maximum Gasteiger partial charge on any atom is 0.259 e. The van der Waals surface area contributed by atoms with E-state index in [2.05, 4.69) is 5.32 Å². The number of carbonyl (C=O) groups is 3. The van der Waals surface area contributed by atoms with Gasteiger partial charge in [-0.2, -0.15) is 0 Å². The predicted molar refractivity (Wildman–Crippen MR) is 108 cm³/mol. The van der Waals surface area contributed by atoms with E-state index in [9.17, 15) is 24.6 Å². The molecule has 2 heterocycles. The van der Waals surface area contributed by atoms with Crippen molar-refractivity contribution in [1.29, 1.82) is 0 Å². The van der Waals surface area contributed by atoms with Crippen LogP contribution in [0.1, 0.15) is 27.1 Å². The maximum absolute atomic E-state index is 12.8. The highest BCUT2D eigenvalue weighted by atomic mass is 16.4. The number of carbonyl (C=O) groups excluding carboxylic acids is 3. The summed E-state index contributed by atoms with van der Waals surface area (Å²) in [5.41, 5.74) is 3.13. The van der Waals surface area contributed by atoms with E-state index in [1.54, 1.807) is 16.7 Å².